The fourth-order valence-electron chi connectivity index (χ4n) is 1.53. The van der Waals surface area contributed by atoms with Crippen molar-refractivity contribution in [2.24, 2.45) is 5.73 Å². The number of nitrogens with one attached hydrogen (secondary N) is 1. The number of anilines is 1. The SMILES string of the molecule is CCCCC(N)C(=O)Nc1cc(C(=O)O)ccc1F. The summed E-state index contributed by atoms with van der Waals surface area (Å²) in [5.41, 5.74) is 5.38. The Morgan fingerprint density at radius 3 is 2.74 bits per heavy atom. The van der Waals surface area contributed by atoms with Crippen molar-refractivity contribution in [3.8, 4) is 0 Å². The minimum Gasteiger partial charge on any atom is -0.478 e. The second kappa shape index (κ2) is 6.84. The summed E-state index contributed by atoms with van der Waals surface area (Å²) in [5, 5.41) is 11.1. The molecule has 1 rings (SSSR count). The highest BCUT2D eigenvalue weighted by molar-refractivity contribution is 5.96. The number of carbonyl (C=O) groups is 2. The van der Waals surface area contributed by atoms with Crippen LogP contribution in [0.2, 0.25) is 0 Å². The average molecular weight is 268 g/mol. The number of carbonyl (C=O) groups excluding carboxylic acids is 1. The number of carboxylic acids is 1. The summed E-state index contributed by atoms with van der Waals surface area (Å²) in [6.45, 7) is 1.97. The first-order valence-electron chi connectivity index (χ1n) is 6.05. The molecule has 1 amide bonds. The van der Waals surface area contributed by atoms with Crippen molar-refractivity contribution in [2.45, 2.75) is 32.2 Å². The van der Waals surface area contributed by atoms with E-state index in [1.54, 1.807) is 0 Å². The first-order valence-corrected chi connectivity index (χ1v) is 6.05. The van der Waals surface area contributed by atoms with Crippen LogP contribution in [0.4, 0.5) is 10.1 Å². The maximum atomic E-state index is 13.5. The molecule has 0 aliphatic heterocycles. The Morgan fingerprint density at radius 1 is 1.47 bits per heavy atom. The molecule has 1 aromatic carbocycles. The molecule has 0 radical (unpaired) electrons. The lowest BCUT2D eigenvalue weighted by molar-refractivity contribution is -0.117. The number of halogens is 1. The molecule has 4 N–H and O–H groups in total. The Balaban J connectivity index is 2.78. The molecule has 0 heterocycles. The molecular formula is C13H17FN2O3. The molecule has 0 saturated carbocycles. The van der Waals surface area contributed by atoms with Gasteiger partial charge >= 0.3 is 5.97 Å². The average Bonchev–Trinajstić information content (AvgIpc) is 2.38. The fraction of sp³-hybridized carbons (Fsp3) is 0.385. The van der Waals surface area contributed by atoms with E-state index in [0.29, 0.717) is 6.42 Å². The van der Waals surface area contributed by atoms with Crippen LogP contribution >= 0.6 is 0 Å². The van der Waals surface area contributed by atoms with Gasteiger partial charge in [-0.15, -0.1) is 0 Å². The van der Waals surface area contributed by atoms with Crippen molar-refractivity contribution >= 4 is 17.6 Å². The van der Waals surface area contributed by atoms with Gasteiger partial charge in [0.05, 0.1) is 17.3 Å². The predicted molar refractivity (Wildman–Crippen MR) is 69.5 cm³/mol. The van der Waals surface area contributed by atoms with E-state index in [1.807, 2.05) is 6.92 Å². The summed E-state index contributed by atoms with van der Waals surface area (Å²) in [7, 11) is 0. The quantitative estimate of drug-likeness (QED) is 0.735. The molecule has 0 aliphatic rings. The van der Waals surface area contributed by atoms with E-state index in [0.717, 1.165) is 31.0 Å². The van der Waals surface area contributed by atoms with Gasteiger partial charge in [-0.3, -0.25) is 4.79 Å². The Hall–Kier alpha value is -1.95. The number of rotatable bonds is 6. The maximum Gasteiger partial charge on any atom is 0.335 e. The maximum absolute atomic E-state index is 13.5. The number of unbranched alkanes of at least 4 members (excludes halogenated alkanes) is 1. The van der Waals surface area contributed by atoms with Crippen LogP contribution < -0.4 is 11.1 Å². The molecule has 0 spiro atoms. The van der Waals surface area contributed by atoms with Crippen molar-refractivity contribution in [3.63, 3.8) is 0 Å². The summed E-state index contributed by atoms with van der Waals surface area (Å²) in [5.74, 6) is -2.40. The molecule has 0 saturated heterocycles. The first kappa shape index (κ1) is 15.1. The van der Waals surface area contributed by atoms with E-state index in [2.05, 4.69) is 5.32 Å². The summed E-state index contributed by atoms with van der Waals surface area (Å²) in [6, 6.07) is 2.47. The first-order chi connectivity index (χ1) is 8.95. The molecule has 19 heavy (non-hydrogen) atoms. The third kappa shape index (κ3) is 4.33. The van der Waals surface area contributed by atoms with Crippen LogP contribution in [0, 0.1) is 5.82 Å². The zero-order valence-electron chi connectivity index (χ0n) is 10.6. The molecule has 1 unspecified atom stereocenters. The van der Waals surface area contributed by atoms with Gasteiger partial charge in [-0.1, -0.05) is 19.8 Å². The van der Waals surface area contributed by atoms with Gasteiger partial charge in [0, 0.05) is 0 Å². The number of hydrogen-bond acceptors (Lipinski definition) is 3. The van der Waals surface area contributed by atoms with E-state index in [9.17, 15) is 14.0 Å². The van der Waals surface area contributed by atoms with Crippen LogP contribution in [0.1, 0.15) is 36.5 Å². The summed E-state index contributed by atoms with van der Waals surface area (Å²) < 4.78 is 13.5. The number of carboxylic acid groups (broad SMARTS) is 1. The largest absolute Gasteiger partial charge is 0.478 e. The summed E-state index contributed by atoms with van der Waals surface area (Å²) >= 11 is 0. The number of hydrogen-bond donors (Lipinski definition) is 3. The smallest absolute Gasteiger partial charge is 0.335 e. The van der Waals surface area contributed by atoms with E-state index < -0.39 is 23.7 Å². The van der Waals surface area contributed by atoms with Gasteiger partial charge in [0.2, 0.25) is 5.91 Å². The van der Waals surface area contributed by atoms with Crippen LogP contribution in [0.15, 0.2) is 18.2 Å². The lowest BCUT2D eigenvalue weighted by Gasteiger charge is -2.12. The minimum atomic E-state index is -1.19. The number of nitrogens with two attached hydrogens (primary N) is 1. The molecular weight excluding hydrogens is 251 g/mol. The number of aromatic carboxylic acids is 1. The number of benzene rings is 1. The van der Waals surface area contributed by atoms with Crippen molar-refractivity contribution in [2.75, 3.05) is 5.32 Å². The third-order valence-electron chi connectivity index (χ3n) is 2.68. The normalized spacial score (nSPS) is 11.9. The van der Waals surface area contributed by atoms with Crippen molar-refractivity contribution in [3.05, 3.63) is 29.6 Å². The van der Waals surface area contributed by atoms with Crippen molar-refractivity contribution < 1.29 is 19.1 Å². The predicted octanol–water partition coefficient (Wildman–Crippen LogP) is 1.98. The van der Waals surface area contributed by atoms with Crippen molar-refractivity contribution in [1.29, 1.82) is 0 Å². The molecule has 1 atom stereocenters. The molecule has 5 nitrogen and oxygen atoms in total. The summed E-state index contributed by atoms with van der Waals surface area (Å²) in [4.78, 5) is 22.5. The Morgan fingerprint density at radius 2 is 2.16 bits per heavy atom. The number of amides is 1. The molecule has 6 heteroatoms. The van der Waals surface area contributed by atoms with E-state index in [1.165, 1.54) is 0 Å². The van der Waals surface area contributed by atoms with Crippen LogP contribution in [-0.4, -0.2) is 23.0 Å². The lowest BCUT2D eigenvalue weighted by atomic mass is 10.1. The third-order valence-corrected chi connectivity index (χ3v) is 2.68. The van der Waals surface area contributed by atoms with Gasteiger partial charge in [0.15, 0.2) is 0 Å². The second-order valence-electron chi connectivity index (χ2n) is 4.24. The van der Waals surface area contributed by atoms with Crippen molar-refractivity contribution in [1.82, 2.24) is 0 Å². The molecule has 104 valence electrons. The van der Waals surface area contributed by atoms with E-state index >= 15 is 0 Å². The standard InChI is InChI=1S/C13H17FN2O3/c1-2-3-4-10(15)12(17)16-11-7-8(13(18)19)5-6-9(11)14/h5-7,10H,2-4,15H2,1H3,(H,16,17)(H,18,19). The zero-order chi connectivity index (χ0) is 14.4. The highest BCUT2D eigenvalue weighted by Gasteiger charge is 2.16. The Bertz CT molecular complexity index is 477. The molecule has 0 aromatic heterocycles. The van der Waals surface area contributed by atoms with Crippen LogP contribution in [-0.2, 0) is 4.79 Å². The molecule has 1 aromatic rings. The Kier molecular flexibility index (Phi) is 5.44. The zero-order valence-corrected chi connectivity index (χ0v) is 10.6. The fourth-order valence-corrected chi connectivity index (χ4v) is 1.53. The molecule has 0 bridgehead atoms. The van der Waals surface area contributed by atoms with Gasteiger partial charge in [-0.2, -0.15) is 0 Å². The highest BCUT2D eigenvalue weighted by Crippen LogP contribution is 2.16. The second-order valence-corrected chi connectivity index (χ2v) is 4.24. The molecule has 0 fully saturated rings. The van der Waals surface area contributed by atoms with E-state index in [-0.39, 0.29) is 11.3 Å². The van der Waals surface area contributed by atoms with Gasteiger partial charge in [0.1, 0.15) is 5.82 Å². The lowest BCUT2D eigenvalue weighted by Crippen LogP contribution is -2.35. The summed E-state index contributed by atoms with van der Waals surface area (Å²) in [6.07, 6.45) is 2.21. The molecule has 0 aliphatic carbocycles. The van der Waals surface area contributed by atoms with Crippen LogP contribution in [0.5, 0.6) is 0 Å². The van der Waals surface area contributed by atoms with Gasteiger partial charge in [0.25, 0.3) is 0 Å². The topological polar surface area (TPSA) is 92.4 Å². The highest BCUT2D eigenvalue weighted by atomic mass is 19.1. The van der Waals surface area contributed by atoms with E-state index in [4.69, 9.17) is 10.8 Å². The van der Waals surface area contributed by atoms with Gasteiger partial charge in [-0.05, 0) is 24.6 Å². The Labute approximate surface area is 110 Å². The monoisotopic (exact) mass is 268 g/mol. The van der Waals surface area contributed by atoms with Gasteiger partial charge in [-0.25, -0.2) is 9.18 Å². The minimum absolute atomic E-state index is 0.0983. The van der Waals surface area contributed by atoms with Crippen LogP contribution in [0.25, 0.3) is 0 Å². The van der Waals surface area contributed by atoms with Gasteiger partial charge < -0.3 is 16.2 Å². The van der Waals surface area contributed by atoms with Crippen LogP contribution in [0.3, 0.4) is 0 Å².